The summed E-state index contributed by atoms with van der Waals surface area (Å²) in [5.74, 6) is -0.451. The second-order valence-electron chi connectivity index (χ2n) is 7.85. The summed E-state index contributed by atoms with van der Waals surface area (Å²) in [7, 11) is 0. The van der Waals surface area contributed by atoms with Gasteiger partial charge in [-0.15, -0.1) is 0 Å². The predicted octanol–water partition coefficient (Wildman–Crippen LogP) is 5.00. The fraction of sp³-hybridized carbons (Fsp3) is 0.185. The number of fused-ring (bicyclic) bond motifs is 1. The van der Waals surface area contributed by atoms with Gasteiger partial charge in [0, 0.05) is 17.7 Å². The van der Waals surface area contributed by atoms with Gasteiger partial charge in [-0.1, -0.05) is 62.4 Å². The minimum absolute atomic E-state index is 0.165. The maximum Gasteiger partial charge on any atom is 0.278 e. The molecule has 2 N–H and O–H groups in total. The summed E-state index contributed by atoms with van der Waals surface area (Å²) in [5.41, 5.74) is 2.60. The zero-order valence-electron chi connectivity index (χ0n) is 19.1. The van der Waals surface area contributed by atoms with Crippen molar-refractivity contribution in [1.82, 2.24) is 9.55 Å². The highest BCUT2D eigenvalue weighted by Crippen LogP contribution is 2.27. The number of carbonyl (C=O) groups excluding carboxylic acids is 2. The van der Waals surface area contributed by atoms with Gasteiger partial charge >= 0.3 is 0 Å². The van der Waals surface area contributed by atoms with Crippen LogP contribution in [0.2, 0.25) is 0 Å². The van der Waals surface area contributed by atoms with E-state index in [4.69, 9.17) is 0 Å². The van der Waals surface area contributed by atoms with Crippen LogP contribution in [0.5, 0.6) is 0 Å². The van der Waals surface area contributed by atoms with Crippen LogP contribution in [0.4, 0.5) is 11.4 Å². The molecule has 4 rings (SSSR count). The van der Waals surface area contributed by atoms with Crippen LogP contribution in [0.1, 0.15) is 32.7 Å². The van der Waals surface area contributed by atoms with Gasteiger partial charge in [-0.2, -0.15) is 0 Å². The molecule has 3 aromatic carbocycles. The van der Waals surface area contributed by atoms with Crippen LogP contribution in [0.3, 0.4) is 0 Å². The molecule has 0 saturated heterocycles. The van der Waals surface area contributed by atoms with Crippen LogP contribution in [-0.2, 0) is 9.59 Å². The Balaban J connectivity index is 1.89. The monoisotopic (exact) mass is 454 g/mol. The third-order valence-corrected chi connectivity index (χ3v) is 5.61. The van der Waals surface area contributed by atoms with E-state index in [1.165, 1.54) is 4.57 Å². The quantitative estimate of drug-likeness (QED) is 0.411. The number of aromatic nitrogens is 2. The minimum atomic E-state index is -0.753. The molecule has 0 aliphatic rings. The molecular formula is C27H26N4O3. The molecule has 7 nitrogen and oxygen atoms in total. The van der Waals surface area contributed by atoms with E-state index in [-0.39, 0.29) is 17.5 Å². The fourth-order valence-electron chi connectivity index (χ4n) is 3.91. The average Bonchev–Trinajstić information content (AvgIpc) is 2.86. The molecule has 2 amide bonds. The topological polar surface area (TPSA) is 93.1 Å². The zero-order valence-corrected chi connectivity index (χ0v) is 19.1. The van der Waals surface area contributed by atoms with Gasteiger partial charge in [-0.25, -0.2) is 4.98 Å². The Labute approximate surface area is 197 Å². The Hall–Kier alpha value is -4.26. The van der Waals surface area contributed by atoms with Crippen LogP contribution in [-0.4, -0.2) is 21.4 Å². The number of hydrogen-bond acceptors (Lipinski definition) is 4. The lowest BCUT2D eigenvalue weighted by Crippen LogP contribution is -2.34. The standard InChI is InChI=1S/C27H26N4O3/c1-3-22(26(33)28-18-12-6-5-7-13-18)31-23-17-11-10-16-21(23)30-25(27(31)34)19-14-8-9-15-20(19)29-24(32)4-2/h5-17,22H,3-4H2,1-2H3,(H,28,33)(H,29,32)/t22-/m1/s1. The number of hydrogen-bond donors (Lipinski definition) is 2. The molecule has 7 heteroatoms. The molecule has 0 aliphatic carbocycles. The van der Waals surface area contributed by atoms with E-state index in [1.54, 1.807) is 49.4 Å². The Bertz CT molecular complexity index is 1400. The number of para-hydroxylation sites is 4. The van der Waals surface area contributed by atoms with Crippen molar-refractivity contribution in [1.29, 1.82) is 0 Å². The van der Waals surface area contributed by atoms with E-state index in [0.717, 1.165) is 0 Å². The van der Waals surface area contributed by atoms with Gasteiger partial charge in [0.15, 0.2) is 0 Å². The van der Waals surface area contributed by atoms with Gasteiger partial charge in [-0.05, 0) is 36.8 Å². The van der Waals surface area contributed by atoms with Crippen molar-refractivity contribution < 1.29 is 9.59 Å². The number of nitrogens with one attached hydrogen (secondary N) is 2. The summed E-state index contributed by atoms with van der Waals surface area (Å²) in [5, 5.41) is 5.76. The van der Waals surface area contributed by atoms with Crippen molar-refractivity contribution in [3.05, 3.63) is 89.2 Å². The predicted molar refractivity (Wildman–Crippen MR) is 135 cm³/mol. The first-order chi connectivity index (χ1) is 16.5. The number of amides is 2. The van der Waals surface area contributed by atoms with Crippen molar-refractivity contribution in [2.75, 3.05) is 10.6 Å². The van der Waals surface area contributed by atoms with E-state index in [2.05, 4.69) is 15.6 Å². The molecule has 0 saturated carbocycles. The molecule has 1 atom stereocenters. The summed E-state index contributed by atoms with van der Waals surface area (Å²) in [6, 6.07) is 22.7. The molecule has 0 bridgehead atoms. The van der Waals surface area contributed by atoms with E-state index in [9.17, 15) is 14.4 Å². The van der Waals surface area contributed by atoms with E-state index < -0.39 is 11.6 Å². The lowest BCUT2D eigenvalue weighted by Gasteiger charge is -2.21. The molecule has 0 fully saturated rings. The molecule has 4 aromatic rings. The van der Waals surface area contributed by atoms with Crippen LogP contribution in [0.15, 0.2) is 83.7 Å². The number of benzene rings is 3. The van der Waals surface area contributed by atoms with Crippen molar-refractivity contribution in [3.63, 3.8) is 0 Å². The zero-order chi connectivity index (χ0) is 24.1. The van der Waals surface area contributed by atoms with Crippen LogP contribution in [0, 0.1) is 0 Å². The van der Waals surface area contributed by atoms with Crippen molar-refractivity contribution in [3.8, 4) is 11.3 Å². The average molecular weight is 455 g/mol. The van der Waals surface area contributed by atoms with Gasteiger partial charge in [0.05, 0.1) is 16.7 Å². The third-order valence-electron chi connectivity index (χ3n) is 5.61. The highest BCUT2D eigenvalue weighted by molar-refractivity contribution is 5.96. The lowest BCUT2D eigenvalue weighted by atomic mass is 10.1. The highest BCUT2D eigenvalue weighted by atomic mass is 16.2. The van der Waals surface area contributed by atoms with Crippen LogP contribution >= 0.6 is 0 Å². The molecule has 172 valence electrons. The summed E-state index contributed by atoms with van der Waals surface area (Å²) < 4.78 is 1.51. The number of carbonyl (C=O) groups is 2. The first-order valence-corrected chi connectivity index (χ1v) is 11.3. The fourth-order valence-corrected chi connectivity index (χ4v) is 3.91. The Morgan fingerprint density at radius 2 is 1.56 bits per heavy atom. The first kappa shape index (κ1) is 22.9. The van der Waals surface area contributed by atoms with Crippen molar-refractivity contribution >= 4 is 34.2 Å². The van der Waals surface area contributed by atoms with E-state index in [1.807, 2.05) is 43.3 Å². The van der Waals surface area contributed by atoms with Gasteiger partial charge in [0.25, 0.3) is 5.56 Å². The summed E-state index contributed by atoms with van der Waals surface area (Å²) in [6.07, 6.45) is 0.710. The second kappa shape index (κ2) is 10.1. The second-order valence-corrected chi connectivity index (χ2v) is 7.85. The molecular weight excluding hydrogens is 428 g/mol. The van der Waals surface area contributed by atoms with E-state index in [0.29, 0.717) is 40.8 Å². The minimum Gasteiger partial charge on any atom is -0.325 e. The first-order valence-electron chi connectivity index (χ1n) is 11.3. The Kier molecular flexibility index (Phi) is 6.82. The number of anilines is 2. The molecule has 0 aliphatic heterocycles. The maximum atomic E-state index is 13.9. The maximum absolute atomic E-state index is 13.9. The Morgan fingerprint density at radius 1 is 0.882 bits per heavy atom. The highest BCUT2D eigenvalue weighted by Gasteiger charge is 2.25. The molecule has 1 aromatic heterocycles. The number of rotatable bonds is 7. The third kappa shape index (κ3) is 4.59. The van der Waals surface area contributed by atoms with Gasteiger partial charge < -0.3 is 10.6 Å². The summed E-state index contributed by atoms with van der Waals surface area (Å²) in [6.45, 7) is 3.63. The molecule has 0 radical (unpaired) electrons. The van der Waals surface area contributed by atoms with E-state index >= 15 is 0 Å². The van der Waals surface area contributed by atoms with Crippen LogP contribution in [0.25, 0.3) is 22.3 Å². The number of nitrogens with zero attached hydrogens (tertiary/aromatic N) is 2. The van der Waals surface area contributed by atoms with Crippen molar-refractivity contribution in [2.45, 2.75) is 32.7 Å². The normalized spacial score (nSPS) is 11.7. The van der Waals surface area contributed by atoms with Crippen molar-refractivity contribution in [2.24, 2.45) is 0 Å². The lowest BCUT2D eigenvalue weighted by molar-refractivity contribution is -0.119. The SMILES string of the molecule is CCC(=O)Nc1ccccc1-c1nc2ccccc2n([C@H](CC)C(=O)Nc2ccccc2)c1=O. The van der Waals surface area contributed by atoms with Gasteiger partial charge in [-0.3, -0.25) is 19.0 Å². The van der Waals surface area contributed by atoms with Gasteiger partial charge in [0.1, 0.15) is 11.7 Å². The van der Waals surface area contributed by atoms with Gasteiger partial charge in [0.2, 0.25) is 11.8 Å². The summed E-state index contributed by atoms with van der Waals surface area (Å²) >= 11 is 0. The Morgan fingerprint density at radius 3 is 2.29 bits per heavy atom. The summed E-state index contributed by atoms with van der Waals surface area (Å²) in [4.78, 5) is 43.9. The molecule has 0 unspecified atom stereocenters. The molecule has 34 heavy (non-hydrogen) atoms. The molecule has 1 heterocycles. The largest absolute Gasteiger partial charge is 0.325 e. The smallest absolute Gasteiger partial charge is 0.278 e. The molecule has 0 spiro atoms. The van der Waals surface area contributed by atoms with Crippen LogP contribution < -0.4 is 16.2 Å².